The second-order valence-electron chi connectivity index (χ2n) is 7.48. The predicted octanol–water partition coefficient (Wildman–Crippen LogP) is 5.59. The Kier molecular flexibility index (Phi) is 6.81. The molecule has 0 aliphatic carbocycles. The average molecular weight is 499 g/mol. The van der Waals surface area contributed by atoms with Gasteiger partial charge in [0.05, 0.1) is 24.6 Å². The Labute approximate surface area is 203 Å². The zero-order valence-electron chi connectivity index (χ0n) is 18.8. The number of nitrogens with zero attached hydrogens (tertiary/aromatic N) is 1. The molecule has 0 radical (unpaired) electrons. The van der Waals surface area contributed by atoms with Crippen molar-refractivity contribution in [2.75, 3.05) is 18.9 Å². The van der Waals surface area contributed by atoms with Crippen LogP contribution in [0.25, 0.3) is 10.9 Å². The fourth-order valence-electron chi connectivity index (χ4n) is 3.48. The quantitative estimate of drug-likeness (QED) is 0.340. The summed E-state index contributed by atoms with van der Waals surface area (Å²) >= 11 is 6.15. The first kappa shape index (κ1) is 23.7. The van der Waals surface area contributed by atoms with Gasteiger partial charge in [-0.3, -0.25) is 4.72 Å². The topological polar surface area (TPSA) is 86.8 Å². The molecule has 176 valence electrons. The van der Waals surface area contributed by atoms with Crippen molar-refractivity contribution < 1.29 is 22.6 Å². The lowest BCUT2D eigenvalue weighted by Gasteiger charge is -2.16. The van der Waals surface area contributed by atoms with E-state index in [9.17, 15) is 8.42 Å². The van der Waals surface area contributed by atoms with Crippen LogP contribution in [0.2, 0.25) is 5.02 Å². The number of pyridine rings is 1. The number of ether oxygens (including phenoxy) is 3. The highest BCUT2D eigenvalue weighted by molar-refractivity contribution is 7.92. The summed E-state index contributed by atoms with van der Waals surface area (Å²) in [5, 5.41) is 1.13. The second-order valence-corrected chi connectivity index (χ2v) is 9.54. The summed E-state index contributed by atoms with van der Waals surface area (Å²) in [6.45, 7) is 1.79. The summed E-state index contributed by atoms with van der Waals surface area (Å²) in [5.74, 6) is 1.31. The van der Waals surface area contributed by atoms with E-state index in [1.54, 1.807) is 51.5 Å². The fraction of sp³-hybridized carbons (Fsp3) is 0.160. The molecular weight excluding hydrogens is 476 g/mol. The van der Waals surface area contributed by atoms with Crippen LogP contribution in [0.3, 0.4) is 0 Å². The molecule has 34 heavy (non-hydrogen) atoms. The number of rotatable bonds is 8. The van der Waals surface area contributed by atoms with Crippen molar-refractivity contribution in [3.63, 3.8) is 0 Å². The van der Waals surface area contributed by atoms with E-state index in [-0.39, 0.29) is 23.1 Å². The van der Waals surface area contributed by atoms with Gasteiger partial charge < -0.3 is 14.2 Å². The number of aromatic nitrogens is 1. The smallest absolute Gasteiger partial charge is 0.262 e. The standard InChI is InChI=1S/C25H23ClN2O5S/c1-16-19(26)8-6-10-24(16)34(29,30)28-21-14-18-7-4-5-9-20(18)27-25(21)33-15-17-11-12-22(31-2)23(13-17)32-3/h4-14,28H,15H2,1-3H3. The van der Waals surface area contributed by atoms with E-state index < -0.39 is 10.0 Å². The summed E-state index contributed by atoms with van der Waals surface area (Å²) in [7, 11) is -0.835. The van der Waals surface area contributed by atoms with E-state index in [0.717, 1.165) is 10.9 Å². The van der Waals surface area contributed by atoms with Crippen molar-refractivity contribution in [3.05, 3.63) is 82.9 Å². The molecule has 9 heteroatoms. The molecule has 0 aliphatic rings. The lowest BCUT2D eigenvalue weighted by molar-refractivity contribution is 0.295. The number of fused-ring (bicyclic) bond motifs is 1. The molecule has 1 aromatic heterocycles. The Morgan fingerprint density at radius 1 is 0.941 bits per heavy atom. The fourth-order valence-corrected chi connectivity index (χ4v) is 5.03. The Bertz CT molecular complexity index is 1460. The van der Waals surface area contributed by atoms with Gasteiger partial charge in [-0.15, -0.1) is 0 Å². The highest BCUT2D eigenvalue weighted by Crippen LogP contribution is 2.32. The molecule has 0 aliphatic heterocycles. The SMILES string of the molecule is COc1ccc(COc2nc3ccccc3cc2NS(=O)(=O)c2cccc(Cl)c2C)cc1OC. The number of benzene rings is 3. The maximum Gasteiger partial charge on any atom is 0.262 e. The monoisotopic (exact) mass is 498 g/mol. The van der Waals surface area contributed by atoms with Crippen molar-refractivity contribution in [2.45, 2.75) is 18.4 Å². The first-order chi connectivity index (χ1) is 16.3. The maximum absolute atomic E-state index is 13.2. The molecule has 1 heterocycles. The third-order valence-electron chi connectivity index (χ3n) is 5.26. The number of hydrogen-bond acceptors (Lipinski definition) is 6. The van der Waals surface area contributed by atoms with Crippen molar-refractivity contribution >= 4 is 38.2 Å². The number of sulfonamides is 1. The summed E-state index contributed by atoms with van der Waals surface area (Å²) in [6.07, 6.45) is 0. The third kappa shape index (κ3) is 4.88. The molecule has 0 spiro atoms. The van der Waals surface area contributed by atoms with E-state index in [1.165, 1.54) is 6.07 Å². The van der Waals surface area contributed by atoms with Gasteiger partial charge >= 0.3 is 0 Å². The zero-order valence-corrected chi connectivity index (χ0v) is 20.4. The van der Waals surface area contributed by atoms with Crippen LogP contribution in [0.1, 0.15) is 11.1 Å². The molecule has 0 amide bonds. The second kappa shape index (κ2) is 9.79. The van der Waals surface area contributed by atoms with Crippen LogP contribution in [0.5, 0.6) is 17.4 Å². The van der Waals surface area contributed by atoms with Crippen LogP contribution in [-0.4, -0.2) is 27.6 Å². The van der Waals surface area contributed by atoms with Crippen LogP contribution in [-0.2, 0) is 16.6 Å². The number of hydrogen-bond donors (Lipinski definition) is 1. The van der Waals surface area contributed by atoms with Crippen LogP contribution in [0.15, 0.2) is 71.6 Å². The van der Waals surface area contributed by atoms with Gasteiger partial charge in [-0.2, -0.15) is 0 Å². The van der Waals surface area contributed by atoms with Crippen molar-refractivity contribution in [1.29, 1.82) is 0 Å². The Balaban J connectivity index is 1.70. The van der Waals surface area contributed by atoms with Gasteiger partial charge in [0.2, 0.25) is 5.88 Å². The number of anilines is 1. The molecule has 0 atom stereocenters. The summed E-state index contributed by atoms with van der Waals surface area (Å²) in [4.78, 5) is 4.64. The highest BCUT2D eigenvalue weighted by atomic mass is 35.5. The minimum atomic E-state index is -3.95. The van der Waals surface area contributed by atoms with E-state index in [0.29, 0.717) is 27.6 Å². The van der Waals surface area contributed by atoms with E-state index in [2.05, 4.69) is 9.71 Å². The number of methoxy groups -OCH3 is 2. The number of para-hydroxylation sites is 1. The molecule has 4 aromatic rings. The molecular formula is C25H23ClN2O5S. The average Bonchev–Trinajstić information content (AvgIpc) is 2.83. The van der Waals surface area contributed by atoms with Gasteiger partial charge in [0, 0.05) is 10.4 Å². The van der Waals surface area contributed by atoms with Gasteiger partial charge in [0.25, 0.3) is 10.0 Å². The molecule has 0 saturated heterocycles. The Hall–Kier alpha value is -3.49. The molecule has 7 nitrogen and oxygen atoms in total. The van der Waals surface area contributed by atoms with Gasteiger partial charge in [0.15, 0.2) is 11.5 Å². The third-order valence-corrected chi connectivity index (χ3v) is 7.18. The van der Waals surface area contributed by atoms with Crippen LogP contribution < -0.4 is 18.9 Å². The molecule has 0 fully saturated rings. The molecule has 0 saturated carbocycles. The first-order valence-corrected chi connectivity index (χ1v) is 12.2. The minimum absolute atomic E-state index is 0.0824. The zero-order chi connectivity index (χ0) is 24.3. The highest BCUT2D eigenvalue weighted by Gasteiger charge is 2.21. The van der Waals surface area contributed by atoms with Crippen LogP contribution in [0, 0.1) is 6.92 Å². The van der Waals surface area contributed by atoms with Crippen LogP contribution in [0.4, 0.5) is 5.69 Å². The van der Waals surface area contributed by atoms with E-state index >= 15 is 0 Å². The minimum Gasteiger partial charge on any atom is -0.493 e. The van der Waals surface area contributed by atoms with Gasteiger partial charge in [0.1, 0.15) is 12.3 Å². The lowest BCUT2D eigenvalue weighted by Crippen LogP contribution is -2.15. The Morgan fingerprint density at radius 3 is 2.47 bits per heavy atom. The molecule has 0 bridgehead atoms. The predicted molar refractivity (Wildman–Crippen MR) is 133 cm³/mol. The summed E-state index contributed by atoms with van der Waals surface area (Å²) < 4.78 is 45.6. The van der Waals surface area contributed by atoms with Gasteiger partial charge in [-0.25, -0.2) is 13.4 Å². The molecule has 0 unspecified atom stereocenters. The number of halogens is 1. The lowest BCUT2D eigenvalue weighted by atomic mass is 10.2. The summed E-state index contributed by atoms with van der Waals surface area (Å²) in [6, 6.07) is 19.2. The number of nitrogens with one attached hydrogen (secondary N) is 1. The largest absolute Gasteiger partial charge is 0.493 e. The normalized spacial score (nSPS) is 11.3. The Morgan fingerprint density at radius 2 is 1.71 bits per heavy atom. The van der Waals surface area contributed by atoms with E-state index in [1.807, 2.05) is 30.3 Å². The van der Waals surface area contributed by atoms with Crippen LogP contribution >= 0.6 is 11.6 Å². The first-order valence-electron chi connectivity index (χ1n) is 10.3. The van der Waals surface area contributed by atoms with Crippen molar-refractivity contribution in [1.82, 2.24) is 4.98 Å². The van der Waals surface area contributed by atoms with Gasteiger partial charge in [-0.05, 0) is 54.4 Å². The molecule has 1 N–H and O–H groups in total. The molecule has 4 rings (SSSR count). The van der Waals surface area contributed by atoms with Crippen molar-refractivity contribution in [2.24, 2.45) is 0 Å². The summed E-state index contributed by atoms with van der Waals surface area (Å²) in [5.41, 5.74) is 2.15. The van der Waals surface area contributed by atoms with Gasteiger partial charge in [-0.1, -0.05) is 41.9 Å². The maximum atomic E-state index is 13.2. The molecule has 3 aromatic carbocycles. The van der Waals surface area contributed by atoms with Crippen molar-refractivity contribution in [3.8, 4) is 17.4 Å². The van der Waals surface area contributed by atoms with E-state index in [4.69, 9.17) is 25.8 Å².